The fourth-order valence-electron chi connectivity index (χ4n) is 3.20. The summed E-state index contributed by atoms with van der Waals surface area (Å²) in [5.74, 6) is 0. The average Bonchev–Trinajstić information content (AvgIpc) is 2.24. The summed E-state index contributed by atoms with van der Waals surface area (Å²) in [4.78, 5) is 0. The molecule has 0 aliphatic heterocycles. The molecule has 0 bridgehead atoms. The van der Waals surface area contributed by atoms with Gasteiger partial charge in [0, 0.05) is 0 Å². The van der Waals surface area contributed by atoms with Crippen LogP contribution in [0.4, 0.5) is 0 Å². The third kappa shape index (κ3) is 1.85. The minimum atomic E-state index is -1.14. The Labute approximate surface area is 94.4 Å². The van der Waals surface area contributed by atoms with Crippen LogP contribution in [0, 0.1) is 0 Å². The molecule has 1 aliphatic carbocycles. The molecule has 0 aromatic heterocycles. The Morgan fingerprint density at radius 3 is 2.07 bits per heavy atom. The molecule has 1 saturated carbocycles. The van der Waals surface area contributed by atoms with E-state index in [1.165, 1.54) is 31.6 Å². The second-order valence-electron chi connectivity index (χ2n) is 4.86. The number of benzene rings is 1. The van der Waals surface area contributed by atoms with Crippen LogP contribution in [0.3, 0.4) is 0 Å². The Kier molecular flexibility index (Phi) is 3.46. The van der Waals surface area contributed by atoms with E-state index in [1.54, 1.807) is 5.30 Å². The molecule has 2 rings (SSSR count). The second-order valence-corrected chi connectivity index (χ2v) is 9.98. The van der Waals surface area contributed by atoms with Crippen LogP contribution < -0.4 is 5.30 Å². The molecule has 0 amide bonds. The zero-order valence-electron chi connectivity index (χ0n) is 10.00. The molecular formula is C14H23P. The van der Waals surface area contributed by atoms with Gasteiger partial charge in [-0.2, -0.15) is 0 Å². The van der Waals surface area contributed by atoms with Crippen LogP contribution in [0.15, 0.2) is 30.3 Å². The van der Waals surface area contributed by atoms with Crippen molar-refractivity contribution >= 4 is 12.6 Å². The fraction of sp³-hybridized carbons (Fsp3) is 0.571. The van der Waals surface area contributed by atoms with Crippen molar-refractivity contribution in [3.63, 3.8) is 0 Å². The van der Waals surface area contributed by atoms with Crippen molar-refractivity contribution in [3.05, 3.63) is 30.3 Å². The van der Waals surface area contributed by atoms with Gasteiger partial charge in [0.2, 0.25) is 0 Å². The molecule has 0 atom stereocenters. The number of rotatable bonds is 4. The first kappa shape index (κ1) is 11.1. The first-order valence-electron chi connectivity index (χ1n) is 6.39. The van der Waals surface area contributed by atoms with E-state index in [-0.39, 0.29) is 0 Å². The van der Waals surface area contributed by atoms with Crippen molar-refractivity contribution in [3.8, 4) is 0 Å². The van der Waals surface area contributed by atoms with Crippen LogP contribution in [0.2, 0.25) is 0 Å². The third-order valence-electron chi connectivity index (χ3n) is 4.50. The maximum absolute atomic E-state index is 2.42. The first-order chi connectivity index (χ1) is 7.33. The van der Waals surface area contributed by atoms with E-state index >= 15 is 0 Å². The molecule has 0 saturated heterocycles. The first-order valence-corrected chi connectivity index (χ1v) is 8.88. The summed E-state index contributed by atoms with van der Waals surface area (Å²) < 4.78 is 0. The molecule has 0 N–H and O–H groups in total. The van der Waals surface area contributed by atoms with Gasteiger partial charge in [-0.25, -0.2) is 0 Å². The van der Waals surface area contributed by atoms with Crippen molar-refractivity contribution in [1.82, 2.24) is 0 Å². The molecular weight excluding hydrogens is 199 g/mol. The summed E-state index contributed by atoms with van der Waals surface area (Å²) in [5.41, 5.74) is 1.08. The zero-order chi connectivity index (χ0) is 10.7. The van der Waals surface area contributed by atoms with Crippen LogP contribution in [0.5, 0.6) is 0 Å². The standard InChI is InChI=1S/C14H23P/c1-3-15(4-2,14-11-8-12-14)13-9-6-5-7-10-13/h5-7,9-10,14-15H,3-4,8,11-12H2,1-2H3. The predicted molar refractivity (Wildman–Crippen MR) is 73.1 cm³/mol. The van der Waals surface area contributed by atoms with Crippen LogP contribution in [-0.2, 0) is 0 Å². The van der Waals surface area contributed by atoms with Gasteiger partial charge in [-0.15, -0.1) is 0 Å². The molecule has 0 spiro atoms. The van der Waals surface area contributed by atoms with Gasteiger partial charge >= 0.3 is 94.0 Å². The van der Waals surface area contributed by atoms with E-state index in [9.17, 15) is 0 Å². The summed E-state index contributed by atoms with van der Waals surface area (Å²) >= 11 is 0. The maximum atomic E-state index is 2.42. The Morgan fingerprint density at radius 2 is 1.67 bits per heavy atom. The van der Waals surface area contributed by atoms with Crippen molar-refractivity contribution in [2.24, 2.45) is 0 Å². The average molecular weight is 222 g/mol. The number of hydrogen-bond donors (Lipinski definition) is 0. The van der Waals surface area contributed by atoms with E-state index < -0.39 is 7.26 Å². The Bertz CT molecular complexity index is 296. The Morgan fingerprint density at radius 1 is 1.07 bits per heavy atom. The molecule has 1 aromatic carbocycles. The molecule has 84 valence electrons. The van der Waals surface area contributed by atoms with Crippen molar-refractivity contribution < 1.29 is 0 Å². The van der Waals surface area contributed by atoms with Gasteiger partial charge in [0.1, 0.15) is 0 Å². The fourth-order valence-corrected chi connectivity index (χ4v) is 8.51. The van der Waals surface area contributed by atoms with Crippen LogP contribution >= 0.6 is 7.26 Å². The van der Waals surface area contributed by atoms with E-state index in [2.05, 4.69) is 44.2 Å². The third-order valence-corrected chi connectivity index (χ3v) is 10.6. The molecule has 0 heterocycles. The van der Waals surface area contributed by atoms with Crippen molar-refractivity contribution in [2.45, 2.75) is 38.8 Å². The summed E-state index contributed by atoms with van der Waals surface area (Å²) in [6.45, 7) is 4.84. The van der Waals surface area contributed by atoms with Crippen molar-refractivity contribution in [2.75, 3.05) is 12.3 Å². The molecule has 0 unspecified atom stereocenters. The SMILES string of the molecule is CC[PH](CC)(c1ccccc1)C1CCC1. The van der Waals surface area contributed by atoms with Gasteiger partial charge in [-0.3, -0.25) is 0 Å². The molecule has 1 aromatic rings. The normalized spacial score (nSPS) is 18.5. The van der Waals surface area contributed by atoms with Gasteiger partial charge in [0.05, 0.1) is 0 Å². The zero-order valence-corrected chi connectivity index (χ0v) is 11.0. The quantitative estimate of drug-likeness (QED) is 0.682. The van der Waals surface area contributed by atoms with Crippen LogP contribution in [0.1, 0.15) is 33.1 Å². The van der Waals surface area contributed by atoms with Gasteiger partial charge < -0.3 is 0 Å². The topological polar surface area (TPSA) is 0 Å². The van der Waals surface area contributed by atoms with E-state index in [0.29, 0.717) is 0 Å². The van der Waals surface area contributed by atoms with Gasteiger partial charge in [-0.1, -0.05) is 0 Å². The summed E-state index contributed by atoms with van der Waals surface area (Å²) in [7, 11) is -1.14. The summed E-state index contributed by atoms with van der Waals surface area (Å²) in [5, 5.41) is 1.71. The van der Waals surface area contributed by atoms with E-state index in [4.69, 9.17) is 0 Å². The molecule has 1 aliphatic rings. The second kappa shape index (κ2) is 4.66. The molecule has 0 nitrogen and oxygen atoms in total. The minimum absolute atomic E-state index is 1.08. The van der Waals surface area contributed by atoms with E-state index in [0.717, 1.165) is 5.66 Å². The van der Waals surface area contributed by atoms with Gasteiger partial charge in [0.15, 0.2) is 0 Å². The monoisotopic (exact) mass is 222 g/mol. The molecule has 15 heavy (non-hydrogen) atoms. The number of hydrogen-bond acceptors (Lipinski definition) is 0. The van der Waals surface area contributed by atoms with Crippen LogP contribution in [-0.4, -0.2) is 18.0 Å². The summed E-state index contributed by atoms with van der Waals surface area (Å²) in [6, 6.07) is 11.4. The summed E-state index contributed by atoms with van der Waals surface area (Å²) in [6.07, 6.45) is 7.34. The van der Waals surface area contributed by atoms with Crippen molar-refractivity contribution in [1.29, 1.82) is 0 Å². The predicted octanol–water partition coefficient (Wildman–Crippen LogP) is 3.65. The Balaban J connectivity index is 2.32. The molecule has 1 heteroatoms. The molecule has 0 radical (unpaired) electrons. The van der Waals surface area contributed by atoms with E-state index in [1.807, 2.05) is 0 Å². The Hall–Kier alpha value is -0.350. The molecule has 1 fully saturated rings. The van der Waals surface area contributed by atoms with Gasteiger partial charge in [-0.05, 0) is 0 Å². The van der Waals surface area contributed by atoms with Crippen LogP contribution in [0.25, 0.3) is 0 Å². The van der Waals surface area contributed by atoms with Gasteiger partial charge in [0.25, 0.3) is 0 Å².